The first-order chi connectivity index (χ1) is 30.5. The van der Waals surface area contributed by atoms with Crippen molar-refractivity contribution in [3.8, 4) is 68.2 Å². The summed E-state index contributed by atoms with van der Waals surface area (Å²) in [5.74, 6) is 1.68. The van der Waals surface area contributed by atoms with Crippen LogP contribution in [0.25, 0.3) is 43.8 Å². The van der Waals surface area contributed by atoms with E-state index in [2.05, 4.69) is 0 Å². The monoisotopic (exact) mass is 870 g/mol. The van der Waals surface area contributed by atoms with E-state index in [1.807, 2.05) is 65.8 Å². The Morgan fingerprint density at radius 2 is 0.859 bits per heavy atom. The highest BCUT2D eigenvalue weighted by molar-refractivity contribution is 6.16. The van der Waals surface area contributed by atoms with Crippen LogP contribution in [0.5, 0.6) is 46.0 Å². The number of methoxy groups -OCH3 is 4. The molecule has 0 atom stereocenters. The van der Waals surface area contributed by atoms with Crippen molar-refractivity contribution in [3.63, 3.8) is 0 Å². The Morgan fingerprint density at radius 3 is 1.19 bits per heavy atom. The van der Waals surface area contributed by atoms with Gasteiger partial charge in [0.05, 0.1) is 52.8 Å². The summed E-state index contributed by atoms with van der Waals surface area (Å²) in [6.45, 7) is 12.6. The summed E-state index contributed by atoms with van der Waals surface area (Å²) in [6.07, 6.45) is -1.15. The highest BCUT2D eigenvalue weighted by atomic mass is 16.7. The summed E-state index contributed by atoms with van der Waals surface area (Å²) in [5, 5.41) is 1.89. The maximum Gasteiger partial charge on any atom is 0.519 e. The van der Waals surface area contributed by atoms with Crippen molar-refractivity contribution in [1.29, 1.82) is 0 Å². The van der Waals surface area contributed by atoms with E-state index in [-0.39, 0.29) is 46.7 Å². The van der Waals surface area contributed by atoms with E-state index in [9.17, 15) is 14.4 Å². The molecule has 0 aromatic heterocycles. The second-order valence-corrected chi connectivity index (χ2v) is 18.0. The van der Waals surface area contributed by atoms with Gasteiger partial charge in [0.15, 0.2) is 23.0 Å². The number of cyclic esters (lactones) is 2. The number of fused-ring (bicyclic) bond motifs is 4. The van der Waals surface area contributed by atoms with Gasteiger partial charge in [-0.1, -0.05) is 65.8 Å². The van der Waals surface area contributed by atoms with Crippen molar-refractivity contribution >= 4 is 39.6 Å². The molecule has 0 bridgehead atoms. The molecular weight excluding hydrogens is 821 g/mol. The minimum atomic E-state index is -1.15. The lowest BCUT2D eigenvalue weighted by Crippen LogP contribution is -2.18. The van der Waals surface area contributed by atoms with Gasteiger partial charge in [-0.25, -0.2) is 14.4 Å². The van der Waals surface area contributed by atoms with E-state index in [1.165, 1.54) is 14.2 Å². The Morgan fingerprint density at radius 1 is 0.500 bits per heavy atom. The van der Waals surface area contributed by atoms with Crippen LogP contribution >= 0.6 is 0 Å². The number of rotatable bonds is 12. The first-order valence-corrected chi connectivity index (χ1v) is 20.7. The fraction of sp³-hybridized carbons (Fsp3) is 0.314. The number of hydrogen-bond donors (Lipinski definition) is 0. The second-order valence-electron chi connectivity index (χ2n) is 18.0. The molecule has 0 aliphatic carbocycles. The van der Waals surface area contributed by atoms with Gasteiger partial charge in [-0.15, -0.1) is 0 Å². The highest BCUT2D eigenvalue weighted by Gasteiger charge is 2.37. The summed E-state index contributed by atoms with van der Waals surface area (Å²) in [7, 11) is 6.20. The maximum atomic E-state index is 14.6. The van der Waals surface area contributed by atoms with Crippen LogP contribution in [0.4, 0.5) is 4.79 Å². The molecule has 0 saturated carbocycles. The van der Waals surface area contributed by atoms with Crippen molar-refractivity contribution in [3.05, 3.63) is 95.1 Å². The van der Waals surface area contributed by atoms with Crippen molar-refractivity contribution in [2.24, 2.45) is 10.8 Å². The van der Waals surface area contributed by atoms with E-state index in [1.54, 1.807) is 62.8 Å². The van der Waals surface area contributed by atoms with Gasteiger partial charge in [0.2, 0.25) is 0 Å². The summed E-state index contributed by atoms with van der Waals surface area (Å²) in [5.41, 5.74) is 3.12. The highest BCUT2D eigenvalue weighted by Crippen LogP contribution is 2.51. The number of carbonyl (C=O) groups excluding carboxylic acids is 3. The van der Waals surface area contributed by atoms with Crippen LogP contribution in [0.1, 0.15) is 73.4 Å². The molecule has 2 heterocycles. The minimum absolute atomic E-state index is 0.0281. The van der Waals surface area contributed by atoms with Crippen molar-refractivity contribution in [2.75, 3.05) is 41.7 Å². The average Bonchev–Trinajstić information content (AvgIpc) is 3.85. The summed E-state index contributed by atoms with van der Waals surface area (Å²) in [4.78, 5) is 42.0. The zero-order valence-electron chi connectivity index (χ0n) is 37.6. The fourth-order valence-corrected chi connectivity index (χ4v) is 7.85. The number of hydrogen-bond acceptors (Lipinski definition) is 13. The first kappa shape index (κ1) is 43.5. The number of ether oxygens (including phenoxy) is 10. The molecule has 2 aliphatic heterocycles. The lowest BCUT2D eigenvalue weighted by atomic mass is 9.89. The Labute approximate surface area is 371 Å². The van der Waals surface area contributed by atoms with Crippen LogP contribution in [0, 0.1) is 10.8 Å². The van der Waals surface area contributed by atoms with Crippen LogP contribution in [0.3, 0.4) is 0 Å². The van der Waals surface area contributed by atoms with Gasteiger partial charge in [0.1, 0.15) is 36.2 Å². The van der Waals surface area contributed by atoms with Crippen molar-refractivity contribution < 1.29 is 61.8 Å². The maximum absolute atomic E-state index is 14.6. The third-order valence-electron chi connectivity index (χ3n) is 10.8. The predicted molar refractivity (Wildman–Crippen MR) is 240 cm³/mol. The van der Waals surface area contributed by atoms with Crippen molar-refractivity contribution in [1.82, 2.24) is 0 Å². The van der Waals surface area contributed by atoms with Gasteiger partial charge in [0, 0.05) is 33.0 Å². The molecule has 332 valence electrons. The third kappa shape index (κ3) is 8.25. The molecule has 0 saturated heterocycles. The van der Waals surface area contributed by atoms with Crippen LogP contribution in [0.15, 0.2) is 72.8 Å². The molecule has 0 N–H and O–H groups in total. The molecular formula is C51H50O13. The number of esters is 2. The van der Waals surface area contributed by atoms with Crippen molar-refractivity contribution in [2.45, 2.75) is 54.8 Å². The largest absolute Gasteiger partial charge is 0.519 e. The first-order valence-electron chi connectivity index (χ1n) is 20.7. The Bertz CT molecular complexity index is 2640. The van der Waals surface area contributed by atoms with E-state index in [0.717, 1.165) is 0 Å². The third-order valence-corrected chi connectivity index (χ3v) is 10.8. The number of benzene rings is 6. The minimum Gasteiger partial charge on any atom is -0.497 e. The zero-order chi connectivity index (χ0) is 45.7. The van der Waals surface area contributed by atoms with Gasteiger partial charge < -0.3 is 47.4 Å². The molecule has 13 nitrogen and oxygen atoms in total. The average molecular weight is 871 g/mol. The van der Waals surface area contributed by atoms with Crippen LogP contribution < -0.4 is 37.9 Å². The topological polar surface area (TPSA) is 144 Å². The molecule has 0 radical (unpaired) electrons. The lowest BCUT2D eigenvalue weighted by Gasteiger charge is -2.23. The van der Waals surface area contributed by atoms with E-state index in [4.69, 9.17) is 47.4 Å². The smallest absolute Gasteiger partial charge is 0.497 e. The fourth-order valence-electron chi connectivity index (χ4n) is 7.85. The lowest BCUT2D eigenvalue weighted by molar-refractivity contribution is 0.0526. The van der Waals surface area contributed by atoms with Crippen LogP contribution in [0.2, 0.25) is 0 Å². The summed E-state index contributed by atoms with van der Waals surface area (Å²) < 4.78 is 59.0. The molecule has 8 rings (SSSR count). The van der Waals surface area contributed by atoms with E-state index in [0.29, 0.717) is 103 Å². The molecule has 0 amide bonds. The van der Waals surface area contributed by atoms with E-state index < -0.39 is 18.1 Å². The molecule has 64 heavy (non-hydrogen) atoms. The zero-order valence-corrected chi connectivity index (χ0v) is 37.6. The van der Waals surface area contributed by atoms with E-state index >= 15 is 0 Å². The Balaban J connectivity index is 1.33. The quantitative estimate of drug-likeness (QED) is 0.0850. The van der Waals surface area contributed by atoms with Gasteiger partial charge >= 0.3 is 18.1 Å². The Kier molecular flexibility index (Phi) is 11.5. The summed E-state index contributed by atoms with van der Waals surface area (Å²) >= 11 is 0. The van der Waals surface area contributed by atoms with Gasteiger partial charge in [-0.2, -0.15) is 0 Å². The molecule has 2 aliphatic rings. The predicted octanol–water partition coefficient (Wildman–Crippen LogP) is 11.1. The van der Waals surface area contributed by atoms with Crippen LogP contribution in [-0.2, 0) is 22.7 Å². The summed E-state index contributed by atoms with van der Waals surface area (Å²) in [6, 6.07) is 21.5. The Hall–Kier alpha value is -7.15. The number of carbonyl (C=O) groups is 3. The molecule has 6 aromatic rings. The SMILES string of the molecule is COc1ccc(-c2c3c(c(OC(=O)Oc4c5c(c(-c6ccc(OC)cc6)c6cc(OC)c(OCC(C)(C)C)cc46)C(=O)OC5)c4cc(OCC(C)(C)C)c(OC)cc24)COC3=O)cc1. The standard InChI is InChI=1S/C51H50O13/c1-50(2,3)25-61-39-21-33-31(19-37(39)57-9)41(27-11-15-29(55-7)16-12-27)43-35(23-59-47(43)52)45(33)63-49(54)64-46-34-22-40(62-26-51(4,5)6)38(58-10)20-32(34)42(44-36(46)24-60-48(44)53)28-13-17-30(56-8)18-14-28/h11-22H,23-26H2,1-10H3. The van der Waals surface area contributed by atoms with Gasteiger partial charge in [0.25, 0.3) is 0 Å². The normalized spacial score (nSPS) is 13.2. The molecule has 6 aromatic carbocycles. The van der Waals surface area contributed by atoms with Gasteiger partial charge in [-0.05, 0) is 81.3 Å². The molecule has 13 heteroatoms. The van der Waals surface area contributed by atoms with Crippen LogP contribution in [-0.4, -0.2) is 59.7 Å². The second kappa shape index (κ2) is 16.9. The molecule has 0 unspecified atom stereocenters. The molecule has 0 spiro atoms. The van der Waals surface area contributed by atoms with Gasteiger partial charge in [-0.3, -0.25) is 0 Å². The molecule has 0 fully saturated rings.